The lowest BCUT2D eigenvalue weighted by molar-refractivity contribution is -0.146. The quantitative estimate of drug-likeness (QED) is 0.354. The first kappa shape index (κ1) is 21.4. The van der Waals surface area contributed by atoms with Crippen LogP contribution in [0.2, 0.25) is 0 Å². The Morgan fingerprint density at radius 1 is 0.818 bits per heavy atom. The van der Waals surface area contributed by atoms with Gasteiger partial charge in [-0.25, -0.2) is 0 Å². The lowest BCUT2D eigenvalue weighted by Crippen LogP contribution is -2.31. The highest BCUT2D eigenvalue weighted by molar-refractivity contribution is 5.65. The first-order chi connectivity index (χ1) is 10.6. The fourth-order valence-electron chi connectivity index (χ4n) is 2.52. The van der Waals surface area contributed by atoms with Gasteiger partial charge in [0.2, 0.25) is 0 Å². The van der Waals surface area contributed by atoms with Crippen molar-refractivity contribution in [2.75, 3.05) is 6.61 Å². The van der Waals surface area contributed by atoms with Gasteiger partial charge in [-0.2, -0.15) is 0 Å². The van der Waals surface area contributed by atoms with Gasteiger partial charge in [0.15, 0.2) is 0 Å². The standard InChI is InChI=1S/C18H36O4/c1-3-4-5-6-7-8-9-10-11-12-13-14-17(20)18(21)15-22-16(2)19/h17-18,20-21H,3-15H2,1-2H3. The molecule has 0 saturated heterocycles. The summed E-state index contributed by atoms with van der Waals surface area (Å²) in [6.45, 7) is 3.42. The van der Waals surface area contributed by atoms with Gasteiger partial charge < -0.3 is 14.9 Å². The molecule has 0 radical (unpaired) electrons. The van der Waals surface area contributed by atoms with Crippen LogP contribution in [0.25, 0.3) is 0 Å². The van der Waals surface area contributed by atoms with E-state index in [1.165, 1.54) is 64.7 Å². The topological polar surface area (TPSA) is 66.8 Å². The number of unbranched alkanes of at least 4 members (excludes halogenated alkanes) is 10. The Hall–Kier alpha value is -0.610. The molecule has 0 amide bonds. The number of ether oxygens (including phenoxy) is 1. The molecule has 0 aliphatic rings. The third-order valence-electron chi connectivity index (χ3n) is 4.00. The smallest absolute Gasteiger partial charge is 0.302 e. The van der Waals surface area contributed by atoms with Crippen LogP contribution < -0.4 is 0 Å². The molecule has 132 valence electrons. The largest absolute Gasteiger partial charge is 0.463 e. The Morgan fingerprint density at radius 3 is 1.73 bits per heavy atom. The molecule has 2 atom stereocenters. The van der Waals surface area contributed by atoms with Crippen molar-refractivity contribution in [3.8, 4) is 0 Å². The van der Waals surface area contributed by atoms with Gasteiger partial charge in [0.1, 0.15) is 12.7 Å². The van der Waals surface area contributed by atoms with Gasteiger partial charge in [-0.05, 0) is 6.42 Å². The monoisotopic (exact) mass is 316 g/mol. The van der Waals surface area contributed by atoms with Gasteiger partial charge in [-0.1, -0.05) is 77.6 Å². The summed E-state index contributed by atoms with van der Waals surface area (Å²) in [7, 11) is 0. The van der Waals surface area contributed by atoms with Crippen molar-refractivity contribution in [3.63, 3.8) is 0 Å². The number of esters is 1. The lowest BCUT2D eigenvalue weighted by Gasteiger charge is -2.17. The van der Waals surface area contributed by atoms with E-state index < -0.39 is 18.2 Å². The molecule has 0 rings (SSSR count). The summed E-state index contributed by atoms with van der Waals surface area (Å²) in [5, 5.41) is 19.3. The predicted octanol–water partition coefficient (Wildman–Crippen LogP) is 3.97. The lowest BCUT2D eigenvalue weighted by atomic mass is 10.0. The minimum atomic E-state index is -0.966. The van der Waals surface area contributed by atoms with E-state index in [1.807, 2.05) is 0 Å². The van der Waals surface area contributed by atoms with E-state index in [1.54, 1.807) is 0 Å². The molecule has 2 N–H and O–H groups in total. The van der Waals surface area contributed by atoms with E-state index in [4.69, 9.17) is 0 Å². The maximum Gasteiger partial charge on any atom is 0.302 e. The van der Waals surface area contributed by atoms with Crippen LogP contribution in [0.3, 0.4) is 0 Å². The van der Waals surface area contributed by atoms with E-state index >= 15 is 0 Å². The average molecular weight is 316 g/mol. The maximum atomic E-state index is 10.6. The predicted molar refractivity (Wildman–Crippen MR) is 89.7 cm³/mol. The highest BCUT2D eigenvalue weighted by atomic mass is 16.5. The Balaban J connectivity index is 3.29. The van der Waals surface area contributed by atoms with Crippen LogP contribution in [0.1, 0.15) is 90.9 Å². The van der Waals surface area contributed by atoms with Crippen LogP contribution in [0.5, 0.6) is 0 Å². The van der Waals surface area contributed by atoms with E-state index in [9.17, 15) is 15.0 Å². The van der Waals surface area contributed by atoms with Gasteiger partial charge >= 0.3 is 5.97 Å². The molecule has 0 heterocycles. The fraction of sp³-hybridized carbons (Fsp3) is 0.944. The second-order valence-electron chi connectivity index (χ2n) is 6.26. The number of rotatable bonds is 15. The molecule has 0 aromatic rings. The van der Waals surface area contributed by atoms with Crippen LogP contribution in [0.4, 0.5) is 0 Å². The van der Waals surface area contributed by atoms with Crippen LogP contribution in [0, 0.1) is 0 Å². The van der Waals surface area contributed by atoms with Gasteiger partial charge in [0.05, 0.1) is 6.10 Å². The Morgan fingerprint density at radius 2 is 1.27 bits per heavy atom. The van der Waals surface area contributed by atoms with Crippen LogP contribution >= 0.6 is 0 Å². The zero-order valence-corrected chi connectivity index (χ0v) is 14.6. The number of aliphatic hydroxyl groups is 2. The molecule has 0 aliphatic heterocycles. The number of hydrogen-bond donors (Lipinski definition) is 2. The van der Waals surface area contributed by atoms with E-state index in [0.717, 1.165) is 12.8 Å². The van der Waals surface area contributed by atoms with Gasteiger partial charge in [0, 0.05) is 6.92 Å². The van der Waals surface area contributed by atoms with Crippen LogP contribution in [-0.2, 0) is 9.53 Å². The third-order valence-corrected chi connectivity index (χ3v) is 4.00. The highest BCUT2D eigenvalue weighted by Crippen LogP contribution is 2.13. The third kappa shape index (κ3) is 14.3. The molecule has 0 aromatic heterocycles. The van der Waals surface area contributed by atoms with Gasteiger partial charge in [0.25, 0.3) is 0 Å². The molecule has 0 saturated carbocycles. The minimum Gasteiger partial charge on any atom is -0.463 e. The molecule has 4 heteroatoms. The summed E-state index contributed by atoms with van der Waals surface area (Å²) < 4.78 is 4.68. The molecule has 2 unspecified atom stereocenters. The summed E-state index contributed by atoms with van der Waals surface area (Å²) in [4.78, 5) is 10.6. The van der Waals surface area contributed by atoms with Crippen molar-refractivity contribution in [1.29, 1.82) is 0 Å². The number of aliphatic hydroxyl groups excluding tert-OH is 2. The summed E-state index contributed by atoms with van der Waals surface area (Å²) in [6, 6.07) is 0. The summed E-state index contributed by atoms with van der Waals surface area (Å²) in [5.74, 6) is -0.430. The fourth-order valence-corrected chi connectivity index (χ4v) is 2.52. The average Bonchev–Trinajstić information content (AvgIpc) is 2.49. The van der Waals surface area contributed by atoms with Gasteiger partial charge in [-0.15, -0.1) is 0 Å². The number of carbonyl (C=O) groups excluding carboxylic acids is 1. The van der Waals surface area contributed by atoms with E-state index in [0.29, 0.717) is 6.42 Å². The summed E-state index contributed by atoms with van der Waals surface area (Å²) in [5.41, 5.74) is 0. The second kappa shape index (κ2) is 15.3. The van der Waals surface area contributed by atoms with Gasteiger partial charge in [-0.3, -0.25) is 4.79 Å². The second-order valence-corrected chi connectivity index (χ2v) is 6.26. The van der Waals surface area contributed by atoms with E-state index in [2.05, 4.69) is 11.7 Å². The zero-order valence-electron chi connectivity index (χ0n) is 14.6. The van der Waals surface area contributed by atoms with Crippen molar-refractivity contribution in [2.45, 2.75) is 103 Å². The Bertz CT molecular complexity index is 255. The number of hydrogen-bond acceptors (Lipinski definition) is 4. The van der Waals surface area contributed by atoms with Crippen LogP contribution in [-0.4, -0.2) is 35.0 Å². The van der Waals surface area contributed by atoms with Crippen molar-refractivity contribution >= 4 is 5.97 Å². The summed E-state index contributed by atoms with van der Waals surface area (Å²) >= 11 is 0. The molecule has 0 fully saturated rings. The first-order valence-electron chi connectivity index (χ1n) is 9.07. The van der Waals surface area contributed by atoms with Crippen LogP contribution in [0.15, 0.2) is 0 Å². The summed E-state index contributed by atoms with van der Waals surface area (Å²) in [6.07, 6.45) is 12.7. The van der Waals surface area contributed by atoms with Crippen molar-refractivity contribution in [3.05, 3.63) is 0 Å². The van der Waals surface area contributed by atoms with Crippen molar-refractivity contribution in [2.24, 2.45) is 0 Å². The molecule has 0 aliphatic carbocycles. The SMILES string of the molecule is CCCCCCCCCCCCCC(O)C(O)COC(C)=O. The highest BCUT2D eigenvalue weighted by Gasteiger charge is 2.16. The molecule has 0 bridgehead atoms. The Kier molecular flexibility index (Phi) is 14.9. The molecular weight excluding hydrogens is 280 g/mol. The van der Waals surface area contributed by atoms with Crippen molar-refractivity contribution < 1.29 is 19.7 Å². The number of carbonyl (C=O) groups is 1. The van der Waals surface area contributed by atoms with E-state index in [-0.39, 0.29) is 6.61 Å². The maximum absolute atomic E-state index is 10.6. The molecule has 4 nitrogen and oxygen atoms in total. The molecule has 22 heavy (non-hydrogen) atoms. The van der Waals surface area contributed by atoms with Crippen molar-refractivity contribution in [1.82, 2.24) is 0 Å². The molecule has 0 aromatic carbocycles. The molecular formula is C18H36O4. The first-order valence-corrected chi connectivity index (χ1v) is 9.07. The minimum absolute atomic E-state index is 0.117. The normalized spacial score (nSPS) is 13.8. The zero-order chi connectivity index (χ0) is 16.6. The Labute approximate surface area is 136 Å². The molecule has 0 spiro atoms.